The Morgan fingerprint density at radius 3 is 2.79 bits per heavy atom. The molecule has 1 atom stereocenters. The molecule has 0 unspecified atom stereocenters. The second-order valence-corrected chi connectivity index (χ2v) is 9.50. The van der Waals surface area contributed by atoms with Gasteiger partial charge in [-0.2, -0.15) is 5.10 Å². The smallest absolute Gasteiger partial charge is 0.261 e. The lowest BCUT2D eigenvalue weighted by molar-refractivity contribution is 0.102. The van der Waals surface area contributed by atoms with Crippen molar-refractivity contribution in [2.45, 2.75) is 25.3 Å². The van der Waals surface area contributed by atoms with Gasteiger partial charge in [0, 0.05) is 37.9 Å². The Morgan fingerprint density at radius 1 is 1.15 bits per heavy atom. The standard InChI is InChI=1S/C24H27N7OS/c1-30-24(31-10-5-8-17(25)9-11-31)18(14-28-30)29-23(32)20-21-19(33-22(20)26)12-16(13-27-21)15-6-3-2-4-7-15/h2-4,6-7,12-14,17H,5,8-11,25-26H2,1H3,(H,29,32)/t17-/m0/s1. The lowest BCUT2D eigenvalue weighted by Crippen LogP contribution is -2.29. The molecule has 1 aromatic carbocycles. The topological polar surface area (TPSA) is 115 Å². The van der Waals surface area contributed by atoms with E-state index >= 15 is 0 Å². The zero-order valence-corrected chi connectivity index (χ0v) is 19.3. The predicted octanol–water partition coefficient (Wildman–Crippen LogP) is 3.85. The number of aryl methyl sites for hydroxylation is 1. The maximum Gasteiger partial charge on any atom is 0.261 e. The van der Waals surface area contributed by atoms with E-state index in [0.29, 0.717) is 21.8 Å². The van der Waals surface area contributed by atoms with E-state index in [-0.39, 0.29) is 11.9 Å². The second kappa shape index (κ2) is 8.84. The highest BCUT2D eigenvalue weighted by molar-refractivity contribution is 7.23. The first-order chi connectivity index (χ1) is 16.0. The van der Waals surface area contributed by atoms with Gasteiger partial charge in [0.25, 0.3) is 5.91 Å². The molecule has 5 N–H and O–H groups in total. The van der Waals surface area contributed by atoms with Crippen LogP contribution in [0.5, 0.6) is 0 Å². The zero-order chi connectivity index (χ0) is 22.9. The van der Waals surface area contributed by atoms with E-state index < -0.39 is 0 Å². The van der Waals surface area contributed by atoms with Gasteiger partial charge < -0.3 is 21.7 Å². The van der Waals surface area contributed by atoms with E-state index in [9.17, 15) is 4.79 Å². The van der Waals surface area contributed by atoms with Gasteiger partial charge in [0.15, 0.2) is 5.82 Å². The SMILES string of the molecule is Cn1ncc(NC(=O)c2c(N)sc3cc(-c4ccccc4)cnc23)c1N1CCC[C@H](N)CC1. The molecule has 8 nitrogen and oxygen atoms in total. The Labute approximate surface area is 196 Å². The monoisotopic (exact) mass is 461 g/mol. The number of nitrogens with zero attached hydrogens (tertiary/aromatic N) is 4. The summed E-state index contributed by atoms with van der Waals surface area (Å²) in [6, 6.07) is 12.3. The fourth-order valence-electron chi connectivity index (χ4n) is 4.42. The number of hydrogen-bond donors (Lipinski definition) is 3. The third kappa shape index (κ3) is 4.17. The van der Waals surface area contributed by atoms with Crippen LogP contribution in [0.4, 0.5) is 16.5 Å². The third-order valence-electron chi connectivity index (χ3n) is 6.12. The molecule has 5 rings (SSSR count). The Bertz CT molecular complexity index is 1300. The van der Waals surface area contributed by atoms with Gasteiger partial charge in [0.05, 0.1) is 16.4 Å². The Kier molecular flexibility index (Phi) is 5.74. The molecule has 33 heavy (non-hydrogen) atoms. The molecule has 0 spiro atoms. The van der Waals surface area contributed by atoms with Crippen LogP contribution < -0.4 is 21.7 Å². The van der Waals surface area contributed by atoms with Crippen LogP contribution in [-0.4, -0.2) is 39.8 Å². The van der Waals surface area contributed by atoms with E-state index in [1.165, 1.54) is 11.3 Å². The number of carbonyl (C=O) groups excluding carboxylic acids is 1. The van der Waals surface area contributed by atoms with Crippen LogP contribution in [0.2, 0.25) is 0 Å². The van der Waals surface area contributed by atoms with Crippen LogP contribution in [0.15, 0.2) is 48.8 Å². The number of nitrogen functional groups attached to an aromatic ring is 1. The van der Waals surface area contributed by atoms with E-state index in [1.54, 1.807) is 17.1 Å². The Hall–Kier alpha value is -3.43. The summed E-state index contributed by atoms with van der Waals surface area (Å²) in [4.78, 5) is 20.2. The highest BCUT2D eigenvalue weighted by Gasteiger charge is 2.24. The van der Waals surface area contributed by atoms with E-state index in [2.05, 4.69) is 20.3 Å². The number of benzene rings is 1. The third-order valence-corrected chi connectivity index (χ3v) is 7.07. The molecule has 170 valence electrons. The Morgan fingerprint density at radius 2 is 1.97 bits per heavy atom. The van der Waals surface area contributed by atoms with Crippen molar-refractivity contribution in [2.24, 2.45) is 12.8 Å². The molecule has 0 saturated carbocycles. The summed E-state index contributed by atoms with van der Waals surface area (Å²) in [7, 11) is 1.89. The minimum Gasteiger partial charge on any atom is -0.390 e. The average Bonchev–Trinajstić information content (AvgIpc) is 3.25. The van der Waals surface area contributed by atoms with Gasteiger partial charge in [0.1, 0.15) is 16.3 Å². The molecule has 1 aliphatic rings. The van der Waals surface area contributed by atoms with E-state index in [4.69, 9.17) is 11.5 Å². The van der Waals surface area contributed by atoms with Crippen LogP contribution in [0, 0.1) is 0 Å². The van der Waals surface area contributed by atoms with Gasteiger partial charge in [-0.15, -0.1) is 11.3 Å². The van der Waals surface area contributed by atoms with Gasteiger partial charge in [-0.05, 0) is 30.9 Å². The number of aromatic nitrogens is 3. The lowest BCUT2D eigenvalue weighted by Gasteiger charge is -2.24. The minimum atomic E-state index is -0.278. The predicted molar refractivity (Wildman–Crippen MR) is 135 cm³/mol. The Balaban J connectivity index is 1.44. The van der Waals surface area contributed by atoms with Crippen molar-refractivity contribution in [3.63, 3.8) is 0 Å². The molecule has 1 saturated heterocycles. The quantitative estimate of drug-likeness (QED) is 0.425. The number of nitrogens with two attached hydrogens (primary N) is 2. The molecule has 4 heterocycles. The first-order valence-electron chi connectivity index (χ1n) is 11.1. The molecule has 1 aliphatic heterocycles. The average molecular weight is 462 g/mol. The van der Waals surface area contributed by atoms with Crippen LogP contribution in [0.25, 0.3) is 21.3 Å². The van der Waals surface area contributed by atoms with Crippen LogP contribution in [-0.2, 0) is 7.05 Å². The van der Waals surface area contributed by atoms with E-state index in [0.717, 1.165) is 54.0 Å². The normalized spacial score (nSPS) is 16.7. The number of anilines is 3. The molecule has 0 bridgehead atoms. The second-order valence-electron chi connectivity index (χ2n) is 8.42. The highest BCUT2D eigenvalue weighted by atomic mass is 32.1. The molecule has 9 heteroatoms. The summed E-state index contributed by atoms with van der Waals surface area (Å²) in [5.41, 5.74) is 16.2. The fourth-order valence-corrected chi connectivity index (χ4v) is 5.38. The first-order valence-corrected chi connectivity index (χ1v) is 11.9. The molecular weight excluding hydrogens is 434 g/mol. The van der Waals surface area contributed by atoms with Gasteiger partial charge in [-0.3, -0.25) is 14.5 Å². The summed E-state index contributed by atoms with van der Waals surface area (Å²) < 4.78 is 2.68. The van der Waals surface area contributed by atoms with Crippen molar-refractivity contribution in [1.29, 1.82) is 0 Å². The van der Waals surface area contributed by atoms with Crippen molar-refractivity contribution in [3.8, 4) is 11.1 Å². The van der Waals surface area contributed by atoms with Crippen molar-refractivity contribution in [2.75, 3.05) is 29.0 Å². The number of carbonyl (C=O) groups is 1. The molecular formula is C24H27N7OS. The molecule has 0 radical (unpaired) electrons. The van der Waals surface area contributed by atoms with Crippen LogP contribution in [0.3, 0.4) is 0 Å². The maximum atomic E-state index is 13.3. The number of thiophene rings is 1. The molecule has 1 fully saturated rings. The highest BCUT2D eigenvalue weighted by Crippen LogP contribution is 2.36. The summed E-state index contributed by atoms with van der Waals surface area (Å²) in [6.07, 6.45) is 6.40. The molecule has 0 aliphatic carbocycles. The summed E-state index contributed by atoms with van der Waals surface area (Å²) in [6.45, 7) is 1.71. The zero-order valence-electron chi connectivity index (χ0n) is 18.5. The van der Waals surface area contributed by atoms with Gasteiger partial charge >= 0.3 is 0 Å². The van der Waals surface area contributed by atoms with Gasteiger partial charge in [0.2, 0.25) is 0 Å². The molecule has 3 aromatic heterocycles. The van der Waals surface area contributed by atoms with Gasteiger partial charge in [-0.25, -0.2) is 0 Å². The number of nitrogens with one attached hydrogen (secondary N) is 1. The van der Waals surface area contributed by atoms with E-state index in [1.807, 2.05) is 43.4 Å². The first kappa shape index (κ1) is 21.4. The van der Waals surface area contributed by atoms with Crippen LogP contribution in [0.1, 0.15) is 29.6 Å². The minimum absolute atomic E-state index is 0.213. The van der Waals surface area contributed by atoms with Crippen molar-refractivity contribution in [1.82, 2.24) is 14.8 Å². The number of pyridine rings is 1. The number of amides is 1. The number of rotatable bonds is 4. The van der Waals surface area contributed by atoms with Crippen molar-refractivity contribution < 1.29 is 4.79 Å². The van der Waals surface area contributed by atoms with Crippen molar-refractivity contribution in [3.05, 3.63) is 54.4 Å². The van der Waals surface area contributed by atoms with Crippen LogP contribution >= 0.6 is 11.3 Å². The number of hydrogen-bond acceptors (Lipinski definition) is 7. The summed E-state index contributed by atoms with van der Waals surface area (Å²) in [5.74, 6) is 0.606. The molecule has 4 aromatic rings. The fraction of sp³-hybridized carbons (Fsp3) is 0.292. The van der Waals surface area contributed by atoms with Crippen molar-refractivity contribution >= 4 is 44.0 Å². The van der Waals surface area contributed by atoms with Gasteiger partial charge in [-0.1, -0.05) is 30.3 Å². The summed E-state index contributed by atoms with van der Waals surface area (Å²) in [5, 5.41) is 7.87. The summed E-state index contributed by atoms with van der Waals surface area (Å²) >= 11 is 1.38. The maximum absolute atomic E-state index is 13.3. The largest absolute Gasteiger partial charge is 0.390 e. The number of fused-ring (bicyclic) bond motifs is 1. The molecule has 1 amide bonds. The lowest BCUT2D eigenvalue weighted by atomic mass is 10.1.